The van der Waals surface area contributed by atoms with Crippen LogP contribution in [0.3, 0.4) is 0 Å². The Hall–Kier alpha value is -2.41. The summed E-state index contributed by atoms with van der Waals surface area (Å²) in [5.74, 6) is 0. The highest BCUT2D eigenvalue weighted by Crippen LogP contribution is 2.41. The van der Waals surface area contributed by atoms with Crippen LogP contribution >= 0.6 is 0 Å². The van der Waals surface area contributed by atoms with Gasteiger partial charge >= 0.3 is 0 Å². The van der Waals surface area contributed by atoms with Gasteiger partial charge in [-0.15, -0.1) is 0 Å². The van der Waals surface area contributed by atoms with Gasteiger partial charge < -0.3 is 0 Å². The molecule has 0 radical (unpaired) electrons. The number of benzene rings is 1. The quantitative estimate of drug-likeness (QED) is 0.691. The maximum atomic E-state index is 12.9. The molecule has 1 aliphatic heterocycles. The number of para-hydroxylation sites is 1. The lowest BCUT2D eigenvalue weighted by molar-refractivity contribution is 0.589. The summed E-state index contributed by atoms with van der Waals surface area (Å²) >= 11 is 0. The summed E-state index contributed by atoms with van der Waals surface area (Å²) in [4.78, 5) is 4.73. The maximum absolute atomic E-state index is 12.9. The van der Waals surface area contributed by atoms with Crippen molar-refractivity contribution in [2.45, 2.75) is 18.7 Å². The number of aromatic nitrogens is 3. The first-order valence-electron chi connectivity index (χ1n) is 7.01. The van der Waals surface area contributed by atoms with E-state index in [1.165, 1.54) is 8.82 Å². The Morgan fingerprint density at radius 3 is 2.77 bits per heavy atom. The number of nitrogens with zero attached hydrogens (tertiary/aromatic N) is 4. The second kappa shape index (κ2) is 4.30. The third kappa shape index (κ3) is 1.62. The normalized spacial score (nSPS) is 15.6. The molecule has 22 heavy (non-hydrogen) atoms. The van der Waals surface area contributed by atoms with Gasteiger partial charge in [0.2, 0.25) is 0 Å². The highest BCUT2D eigenvalue weighted by atomic mass is 32.2. The van der Waals surface area contributed by atoms with Gasteiger partial charge in [-0.25, -0.2) is 17.9 Å². The molecule has 0 bridgehead atoms. The van der Waals surface area contributed by atoms with Gasteiger partial charge in [-0.3, -0.25) is 4.31 Å². The first kappa shape index (κ1) is 13.3. The van der Waals surface area contributed by atoms with E-state index < -0.39 is 10.0 Å². The van der Waals surface area contributed by atoms with Crippen molar-refractivity contribution in [1.29, 1.82) is 0 Å². The van der Waals surface area contributed by atoms with E-state index in [4.69, 9.17) is 0 Å². The molecule has 0 unspecified atom stereocenters. The van der Waals surface area contributed by atoms with E-state index in [1.807, 2.05) is 44.2 Å². The van der Waals surface area contributed by atoms with Crippen LogP contribution in [0.2, 0.25) is 0 Å². The van der Waals surface area contributed by atoms with Gasteiger partial charge in [0.1, 0.15) is 4.90 Å². The van der Waals surface area contributed by atoms with E-state index in [-0.39, 0.29) is 4.90 Å². The standard InChI is InChI=1S/C15H14N4O2S/c1-3-19-12-7-5-4-6-11(12)15-13(22(19,20)21)9-18-14(16-15)8-10(2)17-18/h4-9H,3H2,1-2H3. The van der Waals surface area contributed by atoms with Crippen molar-refractivity contribution in [3.05, 3.63) is 42.2 Å². The number of sulfonamides is 1. The summed E-state index contributed by atoms with van der Waals surface area (Å²) in [6.45, 7) is 4.05. The molecule has 2 aromatic heterocycles. The van der Waals surface area contributed by atoms with E-state index in [1.54, 1.807) is 6.20 Å². The Bertz CT molecular complexity index is 1010. The first-order valence-corrected chi connectivity index (χ1v) is 8.45. The molecular formula is C15H14N4O2S. The predicted octanol–water partition coefficient (Wildman–Crippen LogP) is 2.23. The van der Waals surface area contributed by atoms with Crippen LogP contribution < -0.4 is 4.31 Å². The number of aryl methyl sites for hydroxylation is 1. The fourth-order valence-corrected chi connectivity index (χ4v) is 4.51. The van der Waals surface area contributed by atoms with Gasteiger partial charge in [0, 0.05) is 18.2 Å². The lowest BCUT2D eigenvalue weighted by Crippen LogP contribution is -2.34. The summed E-state index contributed by atoms with van der Waals surface area (Å²) in [7, 11) is -3.62. The number of anilines is 1. The maximum Gasteiger partial charge on any atom is 0.268 e. The van der Waals surface area contributed by atoms with Gasteiger partial charge in [0.25, 0.3) is 10.0 Å². The molecule has 3 heterocycles. The van der Waals surface area contributed by atoms with Crippen molar-refractivity contribution >= 4 is 21.4 Å². The van der Waals surface area contributed by atoms with Crippen molar-refractivity contribution < 1.29 is 8.42 Å². The van der Waals surface area contributed by atoms with E-state index >= 15 is 0 Å². The fourth-order valence-electron chi connectivity index (χ4n) is 2.88. The van der Waals surface area contributed by atoms with Gasteiger partial charge in [-0.1, -0.05) is 18.2 Å². The van der Waals surface area contributed by atoms with Crippen LogP contribution in [0.25, 0.3) is 16.9 Å². The summed E-state index contributed by atoms with van der Waals surface area (Å²) in [6, 6.07) is 9.28. The van der Waals surface area contributed by atoms with Crippen LogP contribution in [-0.2, 0) is 10.0 Å². The summed E-state index contributed by atoms with van der Waals surface area (Å²) < 4.78 is 28.7. The van der Waals surface area contributed by atoms with Crippen LogP contribution in [0.4, 0.5) is 5.69 Å². The molecule has 1 aromatic carbocycles. The minimum atomic E-state index is -3.62. The number of fused-ring (bicyclic) bond motifs is 4. The van der Waals surface area contributed by atoms with Gasteiger partial charge in [0.15, 0.2) is 5.65 Å². The van der Waals surface area contributed by atoms with Crippen molar-refractivity contribution in [3.63, 3.8) is 0 Å². The van der Waals surface area contributed by atoms with E-state index in [0.29, 0.717) is 23.6 Å². The van der Waals surface area contributed by atoms with Crippen LogP contribution in [0.15, 0.2) is 41.4 Å². The SMILES string of the molecule is CCN1c2ccccc2-c2nc3cc(C)nn3cc2S1(=O)=O. The molecule has 0 N–H and O–H groups in total. The average molecular weight is 314 g/mol. The smallest absolute Gasteiger partial charge is 0.266 e. The van der Waals surface area contributed by atoms with Gasteiger partial charge in [-0.05, 0) is 19.9 Å². The molecular weight excluding hydrogens is 300 g/mol. The van der Waals surface area contributed by atoms with Crippen LogP contribution in [0.1, 0.15) is 12.6 Å². The third-order valence-electron chi connectivity index (χ3n) is 3.82. The number of hydrogen-bond donors (Lipinski definition) is 0. The molecule has 0 saturated carbocycles. The van der Waals surface area contributed by atoms with E-state index in [0.717, 1.165) is 11.3 Å². The fraction of sp³-hybridized carbons (Fsp3) is 0.200. The Kier molecular flexibility index (Phi) is 2.59. The molecule has 3 aromatic rings. The zero-order valence-electron chi connectivity index (χ0n) is 12.2. The van der Waals surface area contributed by atoms with Crippen molar-refractivity contribution in [1.82, 2.24) is 14.6 Å². The molecule has 0 saturated heterocycles. The molecule has 6 nitrogen and oxygen atoms in total. The van der Waals surface area contributed by atoms with E-state index in [2.05, 4.69) is 10.1 Å². The Labute approximate surface area is 128 Å². The molecule has 0 amide bonds. The highest BCUT2D eigenvalue weighted by Gasteiger charge is 2.35. The largest absolute Gasteiger partial charge is 0.268 e. The van der Waals surface area contributed by atoms with Crippen molar-refractivity contribution in [3.8, 4) is 11.3 Å². The van der Waals surface area contributed by atoms with Crippen LogP contribution in [0.5, 0.6) is 0 Å². The Morgan fingerprint density at radius 2 is 2.00 bits per heavy atom. The molecule has 1 aliphatic rings. The number of rotatable bonds is 1. The third-order valence-corrected chi connectivity index (χ3v) is 5.71. The van der Waals surface area contributed by atoms with Crippen molar-refractivity contribution in [2.24, 2.45) is 0 Å². The second-order valence-corrected chi connectivity index (χ2v) is 7.06. The van der Waals surface area contributed by atoms with E-state index in [9.17, 15) is 8.42 Å². The van der Waals surface area contributed by atoms with Gasteiger partial charge in [-0.2, -0.15) is 5.10 Å². The molecule has 0 atom stereocenters. The molecule has 0 fully saturated rings. The monoisotopic (exact) mass is 314 g/mol. The predicted molar refractivity (Wildman–Crippen MR) is 83.4 cm³/mol. The number of hydrogen-bond acceptors (Lipinski definition) is 4. The Morgan fingerprint density at radius 1 is 1.23 bits per heavy atom. The minimum Gasteiger partial charge on any atom is -0.266 e. The van der Waals surface area contributed by atoms with Gasteiger partial charge in [0.05, 0.1) is 23.3 Å². The summed E-state index contributed by atoms with van der Waals surface area (Å²) in [6.07, 6.45) is 1.55. The lowest BCUT2D eigenvalue weighted by Gasteiger charge is -2.30. The minimum absolute atomic E-state index is 0.198. The molecule has 4 rings (SSSR count). The zero-order valence-corrected chi connectivity index (χ0v) is 13.0. The topological polar surface area (TPSA) is 67.6 Å². The Balaban J connectivity index is 2.16. The molecule has 0 aliphatic carbocycles. The van der Waals surface area contributed by atoms with Crippen LogP contribution in [0, 0.1) is 6.92 Å². The lowest BCUT2D eigenvalue weighted by atomic mass is 10.1. The summed E-state index contributed by atoms with van der Waals surface area (Å²) in [5, 5.41) is 4.26. The zero-order chi connectivity index (χ0) is 15.5. The summed E-state index contributed by atoms with van der Waals surface area (Å²) in [5.41, 5.74) is 3.44. The average Bonchev–Trinajstić information content (AvgIpc) is 2.85. The highest BCUT2D eigenvalue weighted by molar-refractivity contribution is 7.93. The first-order chi connectivity index (χ1) is 10.5. The van der Waals surface area contributed by atoms with Crippen molar-refractivity contribution in [2.75, 3.05) is 10.8 Å². The molecule has 112 valence electrons. The van der Waals surface area contributed by atoms with Crippen LogP contribution in [-0.4, -0.2) is 29.6 Å². The second-order valence-electron chi connectivity index (χ2n) is 5.23. The molecule has 7 heteroatoms. The molecule has 0 spiro atoms.